The lowest BCUT2D eigenvalue weighted by atomic mass is 10.0. The number of benzene rings is 1. The standard InChI is InChI=1S/C14H21N3OSi/c1-5-14(19(2,3)4)13(18)10-11-8-6-7-9-12(11)16-17-15/h5-9,13-14,18H,1,10H2,2-4H3/t13-,14+/m1/s1. The summed E-state index contributed by atoms with van der Waals surface area (Å²) in [5.74, 6) is 0. The first-order valence-electron chi connectivity index (χ1n) is 6.33. The van der Waals surface area contributed by atoms with Crippen molar-refractivity contribution in [3.63, 3.8) is 0 Å². The molecule has 1 aromatic carbocycles. The molecule has 0 saturated carbocycles. The van der Waals surface area contributed by atoms with Crippen LogP contribution in [-0.4, -0.2) is 19.3 Å². The lowest BCUT2D eigenvalue weighted by molar-refractivity contribution is 0.176. The number of rotatable bonds is 6. The number of hydrogen-bond acceptors (Lipinski definition) is 2. The van der Waals surface area contributed by atoms with Crippen molar-refractivity contribution in [1.29, 1.82) is 0 Å². The second-order valence-electron chi connectivity index (χ2n) is 5.72. The summed E-state index contributed by atoms with van der Waals surface area (Å²) in [5, 5.41) is 14.1. The van der Waals surface area contributed by atoms with E-state index in [1.165, 1.54) is 0 Å². The third kappa shape index (κ3) is 4.24. The normalized spacial score (nSPS) is 14.3. The van der Waals surface area contributed by atoms with Crippen LogP contribution in [0, 0.1) is 0 Å². The minimum absolute atomic E-state index is 0.117. The Bertz CT molecular complexity index is 490. The summed E-state index contributed by atoms with van der Waals surface area (Å²) in [4.78, 5) is 2.82. The highest BCUT2D eigenvalue weighted by molar-refractivity contribution is 6.78. The van der Waals surface area contributed by atoms with Crippen LogP contribution in [0.25, 0.3) is 10.4 Å². The number of azide groups is 1. The molecule has 1 aromatic rings. The zero-order valence-electron chi connectivity index (χ0n) is 11.7. The Balaban J connectivity index is 2.96. The molecule has 4 nitrogen and oxygen atoms in total. The van der Waals surface area contributed by atoms with E-state index in [9.17, 15) is 5.11 Å². The van der Waals surface area contributed by atoms with Crippen LogP contribution in [0.4, 0.5) is 5.69 Å². The predicted octanol–water partition coefficient (Wildman–Crippen LogP) is 4.43. The highest BCUT2D eigenvalue weighted by Crippen LogP contribution is 2.30. The topological polar surface area (TPSA) is 69.0 Å². The molecule has 0 unspecified atom stereocenters. The van der Waals surface area contributed by atoms with Crippen LogP contribution >= 0.6 is 0 Å². The highest BCUT2D eigenvalue weighted by Gasteiger charge is 2.30. The molecular weight excluding hydrogens is 254 g/mol. The first-order valence-corrected chi connectivity index (χ1v) is 9.91. The fraction of sp³-hybridized carbons (Fsp3) is 0.429. The van der Waals surface area contributed by atoms with E-state index in [1.54, 1.807) is 6.07 Å². The molecule has 102 valence electrons. The molecule has 0 aliphatic rings. The SMILES string of the molecule is C=C[C@@H]([C@H](O)Cc1ccccc1N=[N+]=[N-])[Si](C)(C)C. The van der Waals surface area contributed by atoms with Gasteiger partial charge in [-0.05, 0) is 23.1 Å². The van der Waals surface area contributed by atoms with Crippen molar-refractivity contribution in [2.75, 3.05) is 0 Å². The average molecular weight is 275 g/mol. The van der Waals surface area contributed by atoms with Crippen molar-refractivity contribution in [3.8, 4) is 0 Å². The average Bonchev–Trinajstić information content (AvgIpc) is 2.31. The molecule has 0 aliphatic heterocycles. The van der Waals surface area contributed by atoms with E-state index in [1.807, 2.05) is 24.3 Å². The van der Waals surface area contributed by atoms with Crippen molar-refractivity contribution in [2.45, 2.75) is 37.7 Å². The van der Waals surface area contributed by atoms with Gasteiger partial charge in [-0.25, -0.2) is 0 Å². The third-order valence-electron chi connectivity index (χ3n) is 3.24. The fourth-order valence-corrected chi connectivity index (χ4v) is 4.25. The van der Waals surface area contributed by atoms with Crippen LogP contribution in [0.3, 0.4) is 0 Å². The minimum atomic E-state index is -1.51. The Labute approximate surface area is 115 Å². The third-order valence-corrected chi connectivity index (χ3v) is 5.86. The summed E-state index contributed by atoms with van der Waals surface area (Å²) in [7, 11) is -1.51. The second-order valence-corrected chi connectivity index (χ2v) is 11.1. The number of nitrogens with zero attached hydrogens (tertiary/aromatic N) is 3. The molecule has 0 spiro atoms. The number of aliphatic hydroxyl groups excluding tert-OH is 1. The van der Waals surface area contributed by atoms with Crippen molar-refractivity contribution >= 4 is 13.8 Å². The Hall–Kier alpha value is -1.55. The van der Waals surface area contributed by atoms with E-state index in [4.69, 9.17) is 5.53 Å². The van der Waals surface area contributed by atoms with Gasteiger partial charge in [0.2, 0.25) is 0 Å². The van der Waals surface area contributed by atoms with E-state index in [2.05, 4.69) is 36.2 Å². The van der Waals surface area contributed by atoms with Gasteiger partial charge in [-0.3, -0.25) is 0 Å². The summed E-state index contributed by atoms with van der Waals surface area (Å²) in [6.07, 6.45) is 1.85. The van der Waals surface area contributed by atoms with Gasteiger partial charge in [-0.2, -0.15) is 0 Å². The first-order chi connectivity index (χ1) is 8.90. The summed E-state index contributed by atoms with van der Waals surface area (Å²) >= 11 is 0. The molecule has 0 heterocycles. The van der Waals surface area contributed by atoms with Crippen LogP contribution in [0.5, 0.6) is 0 Å². The van der Waals surface area contributed by atoms with Crippen LogP contribution in [-0.2, 0) is 6.42 Å². The Morgan fingerprint density at radius 3 is 2.58 bits per heavy atom. The van der Waals surface area contributed by atoms with Crippen molar-refractivity contribution < 1.29 is 5.11 Å². The van der Waals surface area contributed by atoms with E-state index < -0.39 is 14.2 Å². The molecule has 0 aliphatic carbocycles. The molecule has 0 radical (unpaired) electrons. The summed E-state index contributed by atoms with van der Waals surface area (Å²) in [6.45, 7) is 10.5. The van der Waals surface area contributed by atoms with E-state index >= 15 is 0 Å². The summed E-state index contributed by atoms with van der Waals surface area (Å²) in [5.41, 5.74) is 10.1. The molecule has 1 N–H and O–H groups in total. The molecule has 0 amide bonds. The maximum atomic E-state index is 10.4. The zero-order chi connectivity index (χ0) is 14.5. The van der Waals surface area contributed by atoms with Gasteiger partial charge in [0.25, 0.3) is 0 Å². The molecule has 0 fully saturated rings. The summed E-state index contributed by atoms with van der Waals surface area (Å²) < 4.78 is 0. The predicted molar refractivity (Wildman–Crippen MR) is 82.3 cm³/mol. The van der Waals surface area contributed by atoms with Gasteiger partial charge in [0.1, 0.15) is 0 Å². The lowest BCUT2D eigenvalue weighted by Gasteiger charge is -2.30. The van der Waals surface area contributed by atoms with E-state index in [0.717, 1.165) is 5.56 Å². The van der Waals surface area contributed by atoms with E-state index in [-0.39, 0.29) is 5.54 Å². The summed E-state index contributed by atoms with van der Waals surface area (Å²) in [6, 6.07) is 7.36. The minimum Gasteiger partial charge on any atom is -0.392 e. The van der Waals surface area contributed by atoms with Gasteiger partial charge in [-0.15, -0.1) is 6.58 Å². The maximum Gasteiger partial charge on any atom is 0.0619 e. The van der Waals surface area contributed by atoms with Crippen molar-refractivity contribution in [3.05, 3.63) is 52.9 Å². The van der Waals surface area contributed by atoms with Gasteiger partial charge in [0, 0.05) is 10.6 Å². The molecule has 19 heavy (non-hydrogen) atoms. The molecule has 0 aromatic heterocycles. The van der Waals surface area contributed by atoms with Gasteiger partial charge in [0.05, 0.1) is 14.2 Å². The molecule has 0 bridgehead atoms. The molecule has 1 rings (SSSR count). The highest BCUT2D eigenvalue weighted by atomic mass is 28.3. The van der Waals surface area contributed by atoms with Crippen molar-refractivity contribution in [1.82, 2.24) is 0 Å². The Kier molecular flexibility index (Phi) is 5.36. The zero-order valence-corrected chi connectivity index (χ0v) is 12.7. The lowest BCUT2D eigenvalue weighted by Crippen LogP contribution is -2.36. The monoisotopic (exact) mass is 275 g/mol. The van der Waals surface area contributed by atoms with Crippen LogP contribution in [0.1, 0.15) is 5.56 Å². The Morgan fingerprint density at radius 2 is 2.05 bits per heavy atom. The van der Waals surface area contributed by atoms with Gasteiger partial charge in [0.15, 0.2) is 0 Å². The first kappa shape index (κ1) is 15.5. The van der Waals surface area contributed by atoms with Crippen LogP contribution in [0.2, 0.25) is 25.2 Å². The Morgan fingerprint density at radius 1 is 1.42 bits per heavy atom. The number of aliphatic hydroxyl groups is 1. The van der Waals surface area contributed by atoms with Gasteiger partial charge >= 0.3 is 0 Å². The number of hydrogen-bond donors (Lipinski definition) is 1. The molecule has 2 atom stereocenters. The molecular formula is C14H21N3OSi. The fourth-order valence-electron chi connectivity index (χ4n) is 2.27. The van der Waals surface area contributed by atoms with E-state index in [0.29, 0.717) is 12.1 Å². The van der Waals surface area contributed by atoms with Crippen LogP contribution < -0.4 is 0 Å². The van der Waals surface area contributed by atoms with Gasteiger partial charge < -0.3 is 5.11 Å². The molecule has 0 saturated heterocycles. The molecule has 5 heteroatoms. The van der Waals surface area contributed by atoms with Crippen LogP contribution in [0.15, 0.2) is 42.0 Å². The smallest absolute Gasteiger partial charge is 0.0619 e. The van der Waals surface area contributed by atoms with Gasteiger partial charge in [-0.1, -0.05) is 55.1 Å². The van der Waals surface area contributed by atoms with Crippen molar-refractivity contribution in [2.24, 2.45) is 5.11 Å². The second kappa shape index (κ2) is 6.57. The quantitative estimate of drug-likeness (QED) is 0.269. The maximum absolute atomic E-state index is 10.4. The largest absolute Gasteiger partial charge is 0.392 e.